The fourth-order valence-corrected chi connectivity index (χ4v) is 2.47. The first-order valence-corrected chi connectivity index (χ1v) is 5.80. The number of rotatable bonds is 2. The van der Waals surface area contributed by atoms with Crippen LogP contribution in [0.1, 0.15) is 11.1 Å². The summed E-state index contributed by atoms with van der Waals surface area (Å²) in [6.45, 7) is 4.03. The molecule has 0 unspecified atom stereocenters. The van der Waals surface area contributed by atoms with E-state index in [1.165, 1.54) is 11.3 Å². The maximum absolute atomic E-state index is 9.28. The molecule has 1 heterocycles. The van der Waals surface area contributed by atoms with E-state index in [1.807, 2.05) is 19.9 Å². The molecule has 1 N–H and O–H groups in total. The minimum Gasteiger partial charge on any atom is -0.496 e. The van der Waals surface area contributed by atoms with Gasteiger partial charge in [-0.2, -0.15) is 0 Å². The van der Waals surface area contributed by atoms with E-state index < -0.39 is 0 Å². The van der Waals surface area contributed by atoms with Crippen LogP contribution >= 0.6 is 11.3 Å². The Morgan fingerprint density at radius 1 is 1.31 bits per heavy atom. The molecule has 0 fully saturated rings. The highest BCUT2D eigenvalue weighted by molar-refractivity contribution is 7.13. The van der Waals surface area contributed by atoms with Gasteiger partial charge in [0.05, 0.1) is 18.1 Å². The zero-order chi connectivity index (χ0) is 11.7. The number of thiazole rings is 1. The lowest BCUT2D eigenvalue weighted by molar-refractivity contribution is 0.413. The summed E-state index contributed by atoms with van der Waals surface area (Å²) in [4.78, 5) is 4.07. The van der Waals surface area contributed by atoms with Gasteiger partial charge in [-0.25, -0.2) is 4.98 Å². The van der Waals surface area contributed by atoms with Crippen molar-refractivity contribution >= 4 is 11.3 Å². The number of hydrogen-bond donors (Lipinski definition) is 1. The molecular weight excluding hydrogens is 222 g/mol. The number of ether oxygens (including phenoxy) is 1. The molecule has 0 aliphatic rings. The Kier molecular flexibility index (Phi) is 2.83. The Labute approximate surface area is 98.4 Å². The highest BCUT2D eigenvalue weighted by Crippen LogP contribution is 2.36. The minimum atomic E-state index is 0.0567. The second kappa shape index (κ2) is 4.14. The van der Waals surface area contributed by atoms with Crippen molar-refractivity contribution in [1.82, 2.24) is 4.98 Å². The molecule has 0 atom stereocenters. The fourth-order valence-electron chi connectivity index (χ4n) is 1.77. The van der Waals surface area contributed by atoms with Crippen molar-refractivity contribution in [3.8, 4) is 22.2 Å². The number of nitrogens with zero attached hydrogens (tertiary/aromatic N) is 1. The van der Waals surface area contributed by atoms with Gasteiger partial charge in [-0.1, -0.05) is 6.07 Å². The van der Waals surface area contributed by atoms with Crippen molar-refractivity contribution in [2.75, 3.05) is 7.11 Å². The van der Waals surface area contributed by atoms with Gasteiger partial charge in [0.2, 0.25) is 5.88 Å². The molecule has 2 rings (SSSR count). The molecule has 84 valence electrons. The van der Waals surface area contributed by atoms with Gasteiger partial charge < -0.3 is 9.84 Å². The van der Waals surface area contributed by atoms with E-state index in [0.29, 0.717) is 0 Å². The second-order valence-corrected chi connectivity index (χ2v) is 4.53. The Morgan fingerprint density at radius 3 is 2.62 bits per heavy atom. The van der Waals surface area contributed by atoms with Crippen LogP contribution in [0.4, 0.5) is 0 Å². The summed E-state index contributed by atoms with van der Waals surface area (Å²) >= 11 is 1.41. The number of hydrogen-bond acceptors (Lipinski definition) is 4. The molecular formula is C12H13NO2S. The number of aromatic nitrogens is 1. The summed E-state index contributed by atoms with van der Waals surface area (Å²) in [5, 5.41) is 11.7. The second-order valence-electron chi connectivity index (χ2n) is 3.67. The van der Waals surface area contributed by atoms with Crippen LogP contribution in [0.5, 0.6) is 11.6 Å². The zero-order valence-corrected chi connectivity index (χ0v) is 10.3. The highest BCUT2D eigenvalue weighted by Gasteiger charge is 2.12. The zero-order valence-electron chi connectivity index (χ0n) is 9.44. The Hall–Kier alpha value is -1.55. The summed E-state index contributed by atoms with van der Waals surface area (Å²) in [6.07, 6.45) is 0. The molecule has 4 heteroatoms. The lowest BCUT2D eigenvalue weighted by Gasteiger charge is -2.10. The predicted octanol–water partition coefficient (Wildman–Crippen LogP) is 3.14. The summed E-state index contributed by atoms with van der Waals surface area (Å²) in [7, 11) is 1.65. The Balaban J connectivity index is 2.63. The quantitative estimate of drug-likeness (QED) is 0.869. The summed E-state index contributed by atoms with van der Waals surface area (Å²) in [5.41, 5.74) is 3.17. The molecule has 0 radical (unpaired) electrons. The summed E-state index contributed by atoms with van der Waals surface area (Å²) < 4.78 is 5.38. The molecule has 0 saturated carbocycles. The van der Waals surface area contributed by atoms with Crippen LogP contribution in [0, 0.1) is 13.8 Å². The van der Waals surface area contributed by atoms with Crippen LogP contribution in [-0.4, -0.2) is 17.2 Å². The van der Waals surface area contributed by atoms with E-state index >= 15 is 0 Å². The first-order valence-electron chi connectivity index (χ1n) is 4.92. The van der Waals surface area contributed by atoms with Crippen molar-refractivity contribution < 1.29 is 9.84 Å². The molecule has 0 amide bonds. The largest absolute Gasteiger partial charge is 0.496 e. The van der Waals surface area contributed by atoms with Crippen LogP contribution in [-0.2, 0) is 0 Å². The molecule has 0 saturated heterocycles. The molecule has 2 aromatic rings. The lowest BCUT2D eigenvalue weighted by Crippen LogP contribution is -1.92. The van der Waals surface area contributed by atoms with Gasteiger partial charge >= 0.3 is 0 Å². The smallest absolute Gasteiger partial charge is 0.222 e. The van der Waals surface area contributed by atoms with E-state index in [2.05, 4.69) is 11.1 Å². The number of aromatic hydroxyl groups is 1. The van der Waals surface area contributed by atoms with Crippen LogP contribution < -0.4 is 4.74 Å². The van der Waals surface area contributed by atoms with Crippen LogP contribution in [0.25, 0.3) is 10.6 Å². The number of aryl methyl sites for hydroxylation is 2. The third-order valence-electron chi connectivity index (χ3n) is 2.35. The van der Waals surface area contributed by atoms with Gasteiger partial charge in [0.15, 0.2) is 0 Å². The van der Waals surface area contributed by atoms with E-state index in [1.54, 1.807) is 12.5 Å². The average Bonchev–Trinajstić information content (AvgIpc) is 2.63. The minimum absolute atomic E-state index is 0.0567. The summed E-state index contributed by atoms with van der Waals surface area (Å²) in [6, 6.07) is 4.08. The number of benzene rings is 1. The molecule has 16 heavy (non-hydrogen) atoms. The van der Waals surface area contributed by atoms with Gasteiger partial charge in [-0.3, -0.25) is 0 Å². The average molecular weight is 235 g/mol. The van der Waals surface area contributed by atoms with Gasteiger partial charge in [0, 0.05) is 0 Å². The van der Waals surface area contributed by atoms with Gasteiger partial charge in [-0.15, -0.1) is 11.3 Å². The molecule has 1 aromatic heterocycles. The highest BCUT2D eigenvalue weighted by atomic mass is 32.1. The van der Waals surface area contributed by atoms with Crippen molar-refractivity contribution in [1.29, 1.82) is 0 Å². The molecule has 0 aliphatic carbocycles. The van der Waals surface area contributed by atoms with Gasteiger partial charge in [-0.05, 0) is 31.0 Å². The number of methoxy groups -OCH3 is 1. The topological polar surface area (TPSA) is 42.4 Å². The maximum atomic E-state index is 9.28. The van der Waals surface area contributed by atoms with Crippen molar-refractivity contribution in [2.24, 2.45) is 0 Å². The molecule has 3 nitrogen and oxygen atoms in total. The first kappa shape index (κ1) is 11.0. The predicted molar refractivity (Wildman–Crippen MR) is 65.2 cm³/mol. The van der Waals surface area contributed by atoms with E-state index in [4.69, 9.17) is 4.74 Å². The molecule has 0 spiro atoms. The molecule has 0 bridgehead atoms. The molecule has 1 aromatic carbocycles. The standard InChI is InChI=1S/C12H13NO2S/c1-7-4-8(2)11(15-3)9(5-7)12-13-10(14)6-16-12/h4-6,14H,1-3H3. The van der Waals surface area contributed by atoms with Crippen molar-refractivity contribution in [3.63, 3.8) is 0 Å². The maximum Gasteiger partial charge on any atom is 0.222 e. The Morgan fingerprint density at radius 2 is 2.06 bits per heavy atom. The van der Waals surface area contributed by atoms with Gasteiger partial charge in [0.25, 0.3) is 0 Å². The van der Waals surface area contributed by atoms with E-state index in [0.717, 1.165) is 27.4 Å². The lowest BCUT2D eigenvalue weighted by atomic mass is 10.1. The SMILES string of the molecule is COc1c(C)cc(C)cc1-c1nc(O)cs1. The fraction of sp³-hybridized carbons (Fsp3) is 0.250. The Bertz CT molecular complexity index is 520. The first-order chi connectivity index (χ1) is 7.61. The molecule has 0 aliphatic heterocycles. The van der Waals surface area contributed by atoms with Crippen LogP contribution in [0.15, 0.2) is 17.5 Å². The summed E-state index contributed by atoms with van der Waals surface area (Å²) in [5.74, 6) is 0.876. The van der Waals surface area contributed by atoms with Crippen molar-refractivity contribution in [3.05, 3.63) is 28.6 Å². The monoisotopic (exact) mass is 235 g/mol. The van der Waals surface area contributed by atoms with Crippen LogP contribution in [0.3, 0.4) is 0 Å². The van der Waals surface area contributed by atoms with E-state index in [9.17, 15) is 5.11 Å². The van der Waals surface area contributed by atoms with Crippen molar-refractivity contribution in [2.45, 2.75) is 13.8 Å². The third-order valence-corrected chi connectivity index (χ3v) is 3.21. The third kappa shape index (κ3) is 1.88. The van der Waals surface area contributed by atoms with E-state index in [-0.39, 0.29) is 5.88 Å². The van der Waals surface area contributed by atoms with Crippen LogP contribution in [0.2, 0.25) is 0 Å². The van der Waals surface area contributed by atoms with Gasteiger partial charge in [0.1, 0.15) is 10.8 Å². The normalized spacial score (nSPS) is 10.4.